The van der Waals surface area contributed by atoms with Gasteiger partial charge in [-0.3, -0.25) is 18.8 Å². The molecule has 2 N–H and O–H groups in total. The van der Waals surface area contributed by atoms with Crippen molar-refractivity contribution in [2.75, 3.05) is 6.54 Å². The zero-order valence-electron chi connectivity index (χ0n) is 15.7. The molecule has 3 heterocycles. The third kappa shape index (κ3) is 3.93. The molecule has 9 nitrogen and oxygen atoms in total. The molecule has 0 unspecified atom stereocenters. The summed E-state index contributed by atoms with van der Waals surface area (Å²) in [5.74, 6) is 0.705. The predicted molar refractivity (Wildman–Crippen MR) is 108 cm³/mol. The number of amides is 1. The molecule has 0 aliphatic heterocycles. The first kappa shape index (κ1) is 18.6. The third-order valence-electron chi connectivity index (χ3n) is 4.73. The molecule has 0 saturated carbocycles. The standard InChI is InChI=1S/C20H20N6O3/c27-18(10-5-9-17-24-23-16-8-3-4-12-26(16)17)21-11-13-25-15-7-2-1-6-14(15)22-19(28)20(25)29/h1-4,6-8,12H,5,9-11,13H2,(H,21,27)(H,22,28). The number of nitrogens with zero attached hydrogens (tertiary/aromatic N) is 4. The first-order valence-electron chi connectivity index (χ1n) is 9.41. The number of aromatic amines is 1. The Kier molecular flexibility index (Phi) is 5.19. The van der Waals surface area contributed by atoms with Crippen molar-refractivity contribution in [3.63, 3.8) is 0 Å². The SMILES string of the molecule is O=C(CCCc1nnc2ccccn12)NCCn1c(=O)c(=O)[nH]c2ccccc21. The summed E-state index contributed by atoms with van der Waals surface area (Å²) >= 11 is 0. The van der Waals surface area contributed by atoms with Crippen LogP contribution in [0.25, 0.3) is 16.7 Å². The number of carbonyl (C=O) groups is 1. The Hall–Kier alpha value is -3.75. The molecule has 1 amide bonds. The zero-order chi connectivity index (χ0) is 20.2. The number of fused-ring (bicyclic) bond motifs is 2. The van der Waals surface area contributed by atoms with E-state index in [0.29, 0.717) is 30.3 Å². The fourth-order valence-corrected chi connectivity index (χ4v) is 3.31. The number of nitrogens with one attached hydrogen (secondary N) is 2. The minimum absolute atomic E-state index is 0.110. The largest absolute Gasteiger partial charge is 0.354 e. The number of H-pyrrole nitrogens is 1. The van der Waals surface area contributed by atoms with Gasteiger partial charge < -0.3 is 14.9 Å². The molecule has 0 fully saturated rings. The Labute approximate surface area is 165 Å². The van der Waals surface area contributed by atoms with Gasteiger partial charge in [0, 0.05) is 32.1 Å². The van der Waals surface area contributed by atoms with Crippen molar-refractivity contribution < 1.29 is 4.79 Å². The maximum atomic E-state index is 12.2. The Morgan fingerprint density at radius 2 is 1.90 bits per heavy atom. The van der Waals surface area contributed by atoms with Gasteiger partial charge in [-0.1, -0.05) is 18.2 Å². The second-order valence-electron chi connectivity index (χ2n) is 6.68. The summed E-state index contributed by atoms with van der Waals surface area (Å²) in [4.78, 5) is 38.7. The predicted octanol–water partition coefficient (Wildman–Crippen LogP) is 0.872. The summed E-state index contributed by atoms with van der Waals surface area (Å²) in [7, 11) is 0. The van der Waals surface area contributed by atoms with Crippen molar-refractivity contribution in [1.29, 1.82) is 0 Å². The number of hydrogen-bond acceptors (Lipinski definition) is 5. The second-order valence-corrected chi connectivity index (χ2v) is 6.68. The number of benzene rings is 1. The van der Waals surface area contributed by atoms with Gasteiger partial charge in [0.05, 0.1) is 11.0 Å². The Bertz CT molecular complexity index is 1290. The van der Waals surface area contributed by atoms with E-state index in [4.69, 9.17) is 0 Å². The third-order valence-corrected chi connectivity index (χ3v) is 4.73. The van der Waals surface area contributed by atoms with Gasteiger partial charge >= 0.3 is 11.1 Å². The van der Waals surface area contributed by atoms with Gasteiger partial charge in [0.15, 0.2) is 5.65 Å². The van der Waals surface area contributed by atoms with Crippen LogP contribution in [0.15, 0.2) is 58.3 Å². The highest BCUT2D eigenvalue weighted by Gasteiger charge is 2.09. The zero-order valence-corrected chi connectivity index (χ0v) is 15.7. The van der Waals surface area contributed by atoms with Crippen LogP contribution in [0.5, 0.6) is 0 Å². The quantitative estimate of drug-likeness (QED) is 0.453. The van der Waals surface area contributed by atoms with E-state index in [0.717, 1.165) is 11.5 Å². The number of carbonyl (C=O) groups excluding carboxylic acids is 1. The van der Waals surface area contributed by atoms with Crippen LogP contribution >= 0.6 is 0 Å². The van der Waals surface area contributed by atoms with Crippen molar-refractivity contribution in [3.05, 3.63) is 75.2 Å². The summed E-state index contributed by atoms with van der Waals surface area (Å²) in [6, 6.07) is 12.8. The second kappa shape index (κ2) is 8.09. The van der Waals surface area contributed by atoms with Crippen molar-refractivity contribution >= 4 is 22.6 Å². The molecule has 1 aromatic carbocycles. The number of aromatic nitrogens is 5. The number of aryl methyl sites for hydroxylation is 1. The average Bonchev–Trinajstić information content (AvgIpc) is 3.14. The van der Waals surface area contributed by atoms with E-state index in [-0.39, 0.29) is 19.0 Å². The lowest BCUT2D eigenvalue weighted by molar-refractivity contribution is -0.121. The molecule has 0 saturated heterocycles. The molecule has 29 heavy (non-hydrogen) atoms. The Balaban J connectivity index is 1.32. The van der Waals surface area contributed by atoms with Crippen LogP contribution < -0.4 is 16.4 Å². The fourth-order valence-electron chi connectivity index (χ4n) is 3.31. The van der Waals surface area contributed by atoms with E-state index in [1.165, 1.54) is 4.57 Å². The van der Waals surface area contributed by atoms with Gasteiger partial charge in [-0.05, 0) is 30.7 Å². The van der Waals surface area contributed by atoms with Gasteiger partial charge in [-0.15, -0.1) is 10.2 Å². The van der Waals surface area contributed by atoms with E-state index in [2.05, 4.69) is 20.5 Å². The van der Waals surface area contributed by atoms with E-state index >= 15 is 0 Å². The minimum Gasteiger partial charge on any atom is -0.354 e. The van der Waals surface area contributed by atoms with Crippen molar-refractivity contribution in [2.45, 2.75) is 25.8 Å². The van der Waals surface area contributed by atoms with Gasteiger partial charge in [0.25, 0.3) is 0 Å². The topological polar surface area (TPSA) is 114 Å². The number of pyridine rings is 1. The van der Waals surface area contributed by atoms with Crippen LogP contribution in [0.1, 0.15) is 18.7 Å². The smallest absolute Gasteiger partial charge is 0.316 e. The van der Waals surface area contributed by atoms with E-state index in [9.17, 15) is 14.4 Å². The summed E-state index contributed by atoms with van der Waals surface area (Å²) in [5.41, 5.74) is 0.698. The maximum absolute atomic E-state index is 12.2. The van der Waals surface area contributed by atoms with E-state index in [1.807, 2.05) is 28.8 Å². The van der Waals surface area contributed by atoms with Crippen LogP contribution in [0.4, 0.5) is 0 Å². The van der Waals surface area contributed by atoms with Crippen LogP contribution in [0.2, 0.25) is 0 Å². The molecule has 148 valence electrons. The molecule has 3 aromatic heterocycles. The Morgan fingerprint density at radius 1 is 1.07 bits per heavy atom. The lowest BCUT2D eigenvalue weighted by Crippen LogP contribution is -2.39. The summed E-state index contributed by atoms with van der Waals surface area (Å²) in [6.45, 7) is 0.490. The van der Waals surface area contributed by atoms with Crippen LogP contribution in [0.3, 0.4) is 0 Å². The molecule has 0 radical (unpaired) electrons. The van der Waals surface area contributed by atoms with Crippen LogP contribution in [-0.2, 0) is 17.8 Å². The summed E-state index contributed by atoms with van der Waals surface area (Å²) in [6.07, 6.45) is 3.51. The molecular formula is C20H20N6O3. The minimum atomic E-state index is -0.671. The molecular weight excluding hydrogens is 372 g/mol. The number of hydrogen-bond donors (Lipinski definition) is 2. The van der Waals surface area contributed by atoms with Gasteiger partial charge in [-0.2, -0.15) is 0 Å². The van der Waals surface area contributed by atoms with Crippen molar-refractivity contribution in [3.8, 4) is 0 Å². The number of para-hydroxylation sites is 2. The fraction of sp³-hybridized carbons (Fsp3) is 0.250. The van der Waals surface area contributed by atoms with E-state index in [1.54, 1.807) is 24.3 Å². The molecule has 0 aliphatic carbocycles. The first-order valence-corrected chi connectivity index (χ1v) is 9.41. The lowest BCUT2D eigenvalue weighted by atomic mass is 10.2. The first-order chi connectivity index (χ1) is 14.1. The normalized spacial score (nSPS) is 11.2. The maximum Gasteiger partial charge on any atom is 0.316 e. The monoisotopic (exact) mass is 392 g/mol. The molecule has 0 atom stereocenters. The summed E-state index contributed by atoms with van der Waals surface area (Å²) < 4.78 is 3.29. The molecule has 0 aliphatic rings. The van der Waals surface area contributed by atoms with Crippen molar-refractivity contribution in [2.24, 2.45) is 0 Å². The highest BCUT2D eigenvalue weighted by Crippen LogP contribution is 2.07. The highest BCUT2D eigenvalue weighted by atomic mass is 16.2. The van der Waals surface area contributed by atoms with Crippen molar-refractivity contribution in [1.82, 2.24) is 29.5 Å². The number of rotatable bonds is 7. The van der Waals surface area contributed by atoms with Gasteiger partial charge in [0.2, 0.25) is 5.91 Å². The molecule has 0 spiro atoms. The van der Waals surface area contributed by atoms with Crippen LogP contribution in [-0.4, -0.2) is 36.6 Å². The Morgan fingerprint density at radius 3 is 2.79 bits per heavy atom. The van der Waals surface area contributed by atoms with E-state index < -0.39 is 11.1 Å². The molecule has 0 bridgehead atoms. The average molecular weight is 392 g/mol. The van der Waals surface area contributed by atoms with Gasteiger partial charge in [-0.25, -0.2) is 0 Å². The highest BCUT2D eigenvalue weighted by molar-refractivity contribution is 5.76. The van der Waals surface area contributed by atoms with Crippen LogP contribution in [0, 0.1) is 0 Å². The lowest BCUT2D eigenvalue weighted by Gasteiger charge is -2.10. The molecule has 4 aromatic rings. The molecule has 9 heteroatoms. The molecule has 4 rings (SSSR count). The summed E-state index contributed by atoms with van der Waals surface area (Å²) in [5, 5.41) is 11.0. The van der Waals surface area contributed by atoms with Gasteiger partial charge in [0.1, 0.15) is 5.82 Å².